The molecular formula is C10H14N2O3S. The van der Waals surface area contributed by atoms with Gasteiger partial charge in [0, 0.05) is 29.8 Å². The van der Waals surface area contributed by atoms with Crippen molar-refractivity contribution in [1.82, 2.24) is 0 Å². The number of non-ortho nitro benzene ring substituents is 1. The standard InChI is InChI=1S/C10H14N2O3S/c1-3-8-11-16(2,15)10-6-4-9(5-7-10)12(13)14/h4-7H,3,8H2,1-2H3. The molecule has 0 saturated carbocycles. The first-order chi connectivity index (χ1) is 7.47. The first kappa shape index (κ1) is 12.6. The SMILES string of the molecule is CCCN=S(C)(=O)c1ccc([N+](=O)[O-])cc1. The third-order valence-corrected chi connectivity index (χ3v) is 3.87. The Labute approximate surface area is 94.8 Å². The first-order valence-corrected chi connectivity index (χ1v) is 6.82. The highest BCUT2D eigenvalue weighted by Crippen LogP contribution is 2.17. The van der Waals surface area contributed by atoms with Crippen molar-refractivity contribution in [3.8, 4) is 0 Å². The van der Waals surface area contributed by atoms with Crippen molar-refractivity contribution in [2.45, 2.75) is 18.2 Å². The van der Waals surface area contributed by atoms with E-state index in [-0.39, 0.29) is 5.69 Å². The van der Waals surface area contributed by atoms with E-state index in [1.54, 1.807) is 6.26 Å². The van der Waals surface area contributed by atoms with E-state index in [2.05, 4.69) is 4.36 Å². The Morgan fingerprint density at radius 3 is 2.38 bits per heavy atom. The van der Waals surface area contributed by atoms with E-state index in [4.69, 9.17) is 0 Å². The summed E-state index contributed by atoms with van der Waals surface area (Å²) < 4.78 is 16.2. The van der Waals surface area contributed by atoms with Gasteiger partial charge in [-0.25, -0.2) is 8.57 Å². The smallest absolute Gasteiger partial charge is 0.258 e. The molecule has 0 amide bonds. The van der Waals surface area contributed by atoms with Gasteiger partial charge in [-0.1, -0.05) is 6.92 Å². The summed E-state index contributed by atoms with van der Waals surface area (Å²) in [4.78, 5) is 10.5. The van der Waals surface area contributed by atoms with E-state index < -0.39 is 14.7 Å². The minimum atomic E-state index is -2.41. The zero-order valence-corrected chi connectivity index (χ0v) is 10.1. The van der Waals surface area contributed by atoms with Crippen molar-refractivity contribution in [1.29, 1.82) is 0 Å². The van der Waals surface area contributed by atoms with Crippen molar-refractivity contribution < 1.29 is 9.13 Å². The molecule has 6 heteroatoms. The van der Waals surface area contributed by atoms with E-state index in [1.165, 1.54) is 24.3 Å². The third kappa shape index (κ3) is 3.03. The van der Waals surface area contributed by atoms with E-state index in [0.29, 0.717) is 11.4 Å². The lowest BCUT2D eigenvalue weighted by Gasteiger charge is -2.03. The van der Waals surface area contributed by atoms with E-state index in [0.717, 1.165) is 6.42 Å². The second-order valence-electron chi connectivity index (χ2n) is 3.41. The Bertz CT molecular complexity index is 487. The quantitative estimate of drug-likeness (QED) is 0.601. The second-order valence-corrected chi connectivity index (χ2v) is 5.74. The van der Waals surface area contributed by atoms with Gasteiger partial charge in [0.25, 0.3) is 5.69 Å². The van der Waals surface area contributed by atoms with E-state index in [1.807, 2.05) is 6.92 Å². The van der Waals surface area contributed by atoms with Gasteiger partial charge in [0.05, 0.1) is 14.7 Å². The van der Waals surface area contributed by atoms with Crippen LogP contribution in [0.15, 0.2) is 33.5 Å². The summed E-state index contributed by atoms with van der Waals surface area (Å²) in [5.41, 5.74) is -0.00515. The largest absolute Gasteiger partial charge is 0.269 e. The maximum Gasteiger partial charge on any atom is 0.269 e. The van der Waals surface area contributed by atoms with Gasteiger partial charge in [-0.05, 0) is 18.6 Å². The van der Waals surface area contributed by atoms with E-state index in [9.17, 15) is 14.3 Å². The van der Waals surface area contributed by atoms with Crippen LogP contribution in [0.1, 0.15) is 13.3 Å². The van der Waals surface area contributed by atoms with Crippen LogP contribution in [0, 0.1) is 10.1 Å². The molecule has 0 spiro atoms. The number of nitro benzene ring substituents is 1. The van der Waals surface area contributed by atoms with Crippen LogP contribution in [0.25, 0.3) is 0 Å². The van der Waals surface area contributed by atoms with Crippen molar-refractivity contribution in [3.05, 3.63) is 34.4 Å². The maximum atomic E-state index is 12.1. The fraction of sp³-hybridized carbons (Fsp3) is 0.400. The predicted octanol–water partition coefficient (Wildman–Crippen LogP) is 2.46. The summed E-state index contributed by atoms with van der Waals surface area (Å²) in [5, 5.41) is 10.4. The molecule has 0 aliphatic heterocycles. The average Bonchev–Trinajstić information content (AvgIpc) is 2.26. The van der Waals surface area contributed by atoms with Crippen molar-refractivity contribution >= 4 is 15.4 Å². The number of rotatable bonds is 4. The Balaban J connectivity index is 3.07. The minimum Gasteiger partial charge on any atom is -0.258 e. The minimum absolute atomic E-state index is 0.00515. The summed E-state index contributed by atoms with van der Waals surface area (Å²) in [6.07, 6.45) is 2.38. The first-order valence-electron chi connectivity index (χ1n) is 4.90. The molecule has 1 atom stereocenters. The Hall–Kier alpha value is -1.43. The van der Waals surface area contributed by atoms with Crippen LogP contribution in [0.3, 0.4) is 0 Å². The fourth-order valence-electron chi connectivity index (χ4n) is 1.16. The predicted molar refractivity (Wildman–Crippen MR) is 63.0 cm³/mol. The molecule has 88 valence electrons. The summed E-state index contributed by atoms with van der Waals surface area (Å²) in [6.45, 7) is 2.49. The molecule has 0 radical (unpaired) electrons. The number of benzene rings is 1. The number of nitrogens with zero attached hydrogens (tertiary/aromatic N) is 2. The average molecular weight is 242 g/mol. The van der Waals surface area contributed by atoms with Gasteiger partial charge in [0.15, 0.2) is 0 Å². The molecular weight excluding hydrogens is 228 g/mol. The molecule has 0 bridgehead atoms. The van der Waals surface area contributed by atoms with Crippen molar-refractivity contribution in [2.75, 3.05) is 12.8 Å². The molecule has 1 rings (SSSR count). The highest BCUT2D eigenvalue weighted by Gasteiger charge is 2.09. The van der Waals surface area contributed by atoms with Crippen LogP contribution in [-0.2, 0) is 9.73 Å². The van der Waals surface area contributed by atoms with Crippen LogP contribution < -0.4 is 0 Å². The number of hydrogen-bond donors (Lipinski definition) is 0. The van der Waals surface area contributed by atoms with Crippen LogP contribution in [-0.4, -0.2) is 21.9 Å². The molecule has 0 aliphatic rings. The molecule has 0 fully saturated rings. The van der Waals surface area contributed by atoms with Crippen LogP contribution >= 0.6 is 0 Å². The van der Waals surface area contributed by atoms with Gasteiger partial charge in [0.2, 0.25) is 0 Å². The molecule has 1 unspecified atom stereocenters. The van der Waals surface area contributed by atoms with Crippen LogP contribution in [0.4, 0.5) is 5.69 Å². The Kier molecular flexibility index (Phi) is 4.00. The lowest BCUT2D eigenvalue weighted by molar-refractivity contribution is -0.384. The molecule has 1 aromatic rings. The third-order valence-electron chi connectivity index (χ3n) is 2.05. The van der Waals surface area contributed by atoms with Gasteiger partial charge in [-0.15, -0.1) is 0 Å². The van der Waals surface area contributed by atoms with Gasteiger partial charge >= 0.3 is 0 Å². The number of hydrogen-bond acceptors (Lipinski definition) is 4. The number of nitro groups is 1. The molecule has 5 nitrogen and oxygen atoms in total. The Morgan fingerprint density at radius 1 is 1.38 bits per heavy atom. The lowest BCUT2D eigenvalue weighted by atomic mass is 10.3. The molecule has 0 heterocycles. The zero-order valence-electron chi connectivity index (χ0n) is 9.25. The molecule has 0 saturated heterocycles. The van der Waals surface area contributed by atoms with Crippen molar-refractivity contribution in [2.24, 2.45) is 4.36 Å². The topological polar surface area (TPSA) is 72.6 Å². The molecule has 0 aliphatic carbocycles. The molecule has 16 heavy (non-hydrogen) atoms. The normalized spacial score (nSPS) is 14.1. The maximum absolute atomic E-state index is 12.1. The lowest BCUT2D eigenvalue weighted by Crippen LogP contribution is -1.99. The zero-order chi connectivity index (χ0) is 12.2. The van der Waals surface area contributed by atoms with Gasteiger partial charge in [0.1, 0.15) is 0 Å². The van der Waals surface area contributed by atoms with Gasteiger partial charge in [-0.2, -0.15) is 0 Å². The fourth-order valence-corrected chi connectivity index (χ4v) is 2.48. The highest BCUT2D eigenvalue weighted by atomic mass is 32.2. The second kappa shape index (κ2) is 5.07. The molecule has 1 aromatic carbocycles. The summed E-state index contributed by atoms with van der Waals surface area (Å²) >= 11 is 0. The highest BCUT2D eigenvalue weighted by molar-refractivity contribution is 7.93. The summed E-state index contributed by atoms with van der Waals surface area (Å²) in [5.74, 6) is 0. The summed E-state index contributed by atoms with van der Waals surface area (Å²) in [7, 11) is -2.41. The van der Waals surface area contributed by atoms with Gasteiger partial charge in [-0.3, -0.25) is 10.1 Å². The monoisotopic (exact) mass is 242 g/mol. The Morgan fingerprint density at radius 2 is 1.94 bits per heavy atom. The van der Waals surface area contributed by atoms with Crippen molar-refractivity contribution in [3.63, 3.8) is 0 Å². The summed E-state index contributed by atoms with van der Waals surface area (Å²) in [6, 6.07) is 5.69. The molecule has 0 N–H and O–H groups in total. The van der Waals surface area contributed by atoms with Crippen LogP contribution in [0.2, 0.25) is 0 Å². The van der Waals surface area contributed by atoms with Crippen LogP contribution in [0.5, 0.6) is 0 Å². The molecule has 0 aromatic heterocycles. The van der Waals surface area contributed by atoms with E-state index >= 15 is 0 Å². The van der Waals surface area contributed by atoms with Gasteiger partial charge < -0.3 is 0 Å².